The summed E-state index contributed by atoms with van der Waals surface area (Å²) in [5.41, 5.74) is 0. The van der Waals surface area contributed by atoms with Crippen molar-refractivity contribution in [1.82, 2.24) is 0 Å². The molecule has 0 bridgehead atoms. The summed E-state index contributed by atoms with van der Waals surface area (Å²) in [6.45, 7) is 1.52. The van der Waals surface area contributed by atoms with Crippen LogP contribution in [0.15, 0.2) is 0 Å². The summed E-state index contributed by atoms with van der Waals surface area (Å²) in [6.07, 6.45) is 5.82. The van der Waals surface area contributed by atoms with E-state index < -0.39 is 0 Å². The minimum Gasteiger partial charge on any atom is -0.462 e. The zero-order chi connectivity index (χ0) is 10.9. The van der Waals surface area contributed by atoms with Crippen molar-refractivity contribution < 1.29 is 14.3 Å². The van der Waals surface area contributed by atoms with Gasteiger partial charge in [-0.15, -0.1) is 0 Å². The highest BCUT2D eigenvalue weighted by Crippen LogP contribution is 2.12. The highest BCUT2D eigenvalue weighted by atomic mass is 127. The molecule has 1 unspecified atom stereocenters. The van der Waals surface area contributed by atoms with Crippen LogP contribution in [0.5, 0.6) is 0 Å². The summed E-state index contributed by atoms with van der Waals surface area (Å²) in [5.74, 6) is -0.0687. The zero-order valence-electron chi connectivity index (χ0n) is 9.04. The van der Waals surface area contributed by atoms with E-state index in [1.807, 2.05) is 0 Å². The first-order valence-electron chi connectivity index (χ1n) is 5.66. The second-order valence-electron chi connectivity index (χ2n) is 3.83. The van der Waals surface area contributed by atoms with Gasteiger partial charge in [0.2, 0.25) is 0 Å². The summed E-state index contributed by atoms with van der Waals surface area (Å²) in [4.78, 5) is 11.4. The molecule has 88 valence electrons. The van der Waals surface area contributed by atoms with Crippen molar-refractivity contribution in [3.05, 3.63) is 0 Å². The van der Waals surface area contributed by atoms with Gasteiger partial charge in [0, 0.05) is 24.1 Å². The predicted molar refractivity (Wildman–Crippen MR) is 67.3 cm³/mol. The van der Waals surface area contributed by atoms with Crippen molar-refractivity contribution in [2.75, 3.05) is 17.6 Å². The molecule has 1 aliphatic rings. The first kappa shape index (κ1) is 13.2. The average molecular weight is 326 g/mol. The van der Waals surface area contributed by atoms with Crippen molar-refractivity contribution in [2.24, 2.45) is 0 Å². The first-order chi connectivity index (χ1) is 7.33. The number of hydrogen-bond donors (Lipinski definition) is 0. The molecule has 1 atom stereocenters. The Kier molecular flexibility index (Phi) is 7.34. The standard InChI is InChI=1S/C11H19IO3/c12-9-10-5-2-1-3-7-14-8-4-6-11(13)15-10/h10H,1-9H2. The molecule has 1 rings (SSSR count). The molecule has 15 heavy (non-hydrogen) atoms. The summed E-state index contributed by atoms with van der Waals surface area (Å²) in [5, 5.41) is 0. The van der Waals surface area contributed by atoms with Crippen molar-refractivity contribution >= 4 is 28.6 Å². The van der Waals surface area contributed by atoms with Gasteiger partial charge in [0.25, 0.3) is 0 Å². The fraction of sp³-hybridized carbons (Fsp3) is 0.909. The molecule has 0 aromatic heterocycles. The molecular formula is C11H19IO3. The number of esters is 1. The largest absolute Gasteiger partial charge is 0.462 e. The van der Waals surface area contributed by atoms with Crippen molar-refractivity contribution in [2.45, 2.75) is 44.6 Å². The van der Waals surface area contributed by atoms with Gasteiger partial charge in [0.05, 0.1) is 0 Å². The van der Waals surface area contributed by atoms with Crippen molar-refractivity contribution in [3.8, 4) is 0 Å². The third kappa shape index (κ3) is 6.35. The molecule has 4 heteroatoms. The highest BCUT2D eigenvalue weighted by molar-refractivity contribution is 14.1. The Morgan fingerprint density at radius 1 is 1.20 bits per heavy atom. The first-order valence-corrected chi connectivity index (χ1v) is 7.18. The quantitative estimate of drug-likeness (QED) is 0.422. The smallest absolute Gasteiger partial charge is 0.306 e. The number of halogens is 1. The van der Waals surface area contributed by atoms with Gasteiger partial charge < -0.3 is 9.47 Å². The second-order valence-corrected chi connectivity index (χ2v) is 4.71. The van der Waals surface area contributed by atoms with Crippen LogP contribution in [0.2, 0.25) is 0 Å². The van der Waals surface area contributed by atoms with E-state index in [1.165, 1.54) is 6.42 Å². The summed E-state index contributed by atoms with van der Waals surface area (Å²) < 4.78 is 11.7. The number of alkyl halides is 1. The maximum Gasteiger partial charge on any atom is 0.306 e. The van der Waals surface area contributed by atoms with E-state index in [4.69, 9.17) is 9.47 Å². The normalized spacial score (nSPS) is 26.2. The lowest BCUT2D eigenvalue weighted by Gasteiger charge is -2.16. The van der Waals surface area contributed by atoms with Crippen molar-refractivity contribution in [1.29, 1.82) is 0 Å². The van der Waals surface area contributed by atoms with Gasteiger partial charge in [-0.3, -0.25) is 4.79 Å². The molecule has 1 saturated heterocycles. The van der Waals surface area contributed by atoms with Crippen LogP contribution in [0.4, 0.5) is 0 Å². The monoisotopic (exact) mass is 326 g/mol. The number of ether oxygens (including phenoxy) is 2. The van der Waals surface area contributed by atoms with Gasteiger partial charge in [0.1, 0.15) is 6.10 Å². The maximum atomic E-state index is 11.4. The fourth-order valence-electron chi connectivity index (χ4n) is 1.59. The van der Waals surface area contributed by atoms with Crippen LogP contribution in [0.3, 0.4) is 0 Å². The van der Waals surface area contributed by atoms with Crippen LogP contribution in [0, 0.1) is 0 Å². The molecule has 0 amide bonds. The number of hydrogen-bond acceptors (Lipinski definition) is 3. The fourth-order valence-corrected chi connectivity index (χ4v) is 2.21. The number of carbonyl (C=O) groups excluding carboxylic acids is 1. The van der Waals surface area contributed by atoms with Crippen LogP contribution < -0.4 is 0 Å². The van der Waals surface area contributed by atoms with Gasteiger partial charge in [-0.05, 0) is 25.7 Å². The molecule has 0 aromatic carbocycles. The van der Waals surface area contributed by atoms with Gasteiger partial charge in [-0.1, -0.05) is 29.0 Å². The molecule has 0 aromatic rings. The predicted octanol–water partition coefficient (Wildman–Crippen LogP) is 2.70. The molecule has 1 fully saturated rings. The molecule has 0 aliphatic carbocycles. The lowest BCUT2D eigenvalue weighted by atomic mass is 10.1. The van der Waals surface area contributed by atoms with Gasteiger partial charge in [0.15, 0.2) is 0 Å². The molecule has 1 heterocycles. The number of cyclic esters (lactones) is 1. The Morgan fingerprint density at radius 2 is 2.00 bits per heavy atom. The van der Waals surface area contributed by atoms with E-state index in [9.17, 15) is 4.79 Å². The highest BCUT2D eigenvalue weighted by Gasteiger charge is 2.13. The Bertz CT molecular complexity index is 185. The maximum absolute atomic E-state index is 11.4. The minimum absolute atomic E-state index is 0.0687. The molecular weight excluding hydrogens is 307 g/mol. The van der Waals surface area contributed by atoms with Crippen LogP contribution in [0.25, 0.3) is 0 Å². The Labute approximate surface area is 105 Å². The summed E-state index contributed by atoms with van der Waals surface area (Å²) in [6, 6.07) is 0. The number of carbonyl (C=O) groups is 1. The third-order valence-electron chi connectivity index (χ3n) is 2.45. The average Bonchev–Trinajstić information content (AvgIpc) is 2.22. The van der Waals surface area contributed by atoms with Crippen LogP contribution >= 0.6 is 22.6 Å². The molecule has 0 spiro atoms. The van der Waals surface area contributed by atoms with Crippen LogP contribution in [-0.2, 0) is 14.3 Å². The van der Waals surface area contributed by atoms with Gasteiger partial charge >= 0.3 is 5.97 Å². The van der Waals surface area contributed by atoms with Gasteiger partial charge in [-0.2, -0.15) is 0 Å². The molecule has 0 radical (unpaired) electrons. The lowest BCUT2D eigenvalue weighted by molar-refractivity contribution is -0.148. The molecule has 0 saturated carbocycles. The van der Waals surface area contributed by atoms with E-state index in [0.29, 0.717) is 13.0 Å². The van der Waals surface area contributed by atoms with Gasteiger partial charge in [-0.25, -0.2) is 0 Å². The van der Waals surface area contributed by atoms with Crippen LogP contribution in [-0.4, -0.2) is 29.7 Å². The Morgan fingerprint density at radius 3 is 2.80 bits per heavy atom. The van der Waals surface area contributed by atoms with Crippen molar-refractivity contribution in [3.63, 3.8) is 0 Å². The number of rotatable bonds is 1. The lowest BCUT2D eigenvalue weighted by Crippen LogP contribution is -2.20. The molecule has 3 nitrogen and oxygen atoms in total. The topological polar surface area (TPSA) is 35.5 Å². The SMILES string of the molecule is O=C1CCCOCCCCCC(CI)O1. The van der Waals surface area contributed by atoms with E-state index >= 15 is 0 Å². The minimum atomic E-state index is -0.0687. The second kappa shape index (κ2) is 8.33. The zero-order valence-corrected chi connectivity index (χ0v) is 11.2. The van der Waals surface area contributed by atoms with E-state index in [1.54, 1.807) is 0 Å². The molecule has 1 aliphatic heterocycles. The van der Waals surface area contributed by atoms with E-state index in [0.717, 1.165) is 36.7 Å². The van der Waals surface area contributed by atoms with Crippen LogP contribution in [0.1, 0.15) is 38.5 Å². The van der Waals surface area contributed by atoms with E-state index in [2.05, 4.69) is 22.6 Å². The molecule has 0 N–H and O–H groups in total. The summed E-state index contributed by atoms with van der Waals surface area (Å²) >= 11 is 2.28. The third-order valence-corrected chi connectivity index (χ3v) is 3.44. The summed E-state index contributed by atoms with van der Waals surface area (Å²) in [7, 11) is 0. The Balaban J connectivity index is 2.32. The Hall–Kier alpha value is 0.160. The van der Waals surface area contributed by atoms with E-state index in [-0.39, 0.29) is 12.1 Å².